The van der Waals surface area contributed by atoms with Crippen molar-refractivity contribution in [2.45, 2.75) is 136 Å². The van der Waals surface area contributed by atoms with Crippen molar-refractivity contribution in [2.75, 3.05) is 18.7 Å². The summed E-state index contributed by atoms with van der Waals surface area (Å²) in [6.07, 6.45) is 0.863. The quantitative estimate of drug-likeness (QED) is 0.0370. The predicted molar refractivity (Wildman–Crippen MR) is 279 cm³/mol. The van der Waals surface area contributed by atoms with Gasteiger partial charge in [-0.2, -0.15) is 0 Å². The first-order chi connectivity index (χ1) is 37.4. The number of carbonyl (C=O) groups excluding carboxylic acids is 9. The molecule has 2 aromatic heterocycles. The molecule has 4 aliphatic rings. The van der Waals surface area contributed by atoms with Gasteiger partial charge in [-0.05, 0) is 88.3 Å². The number of hydrogen-bond acceptors (Lipinski definition) is 17. The number of nitrogens with one attached hydrogen (secondary N) is 5. The number of nitrogens with zero attached hydrogens (tertiary/aromatic N) is 3. The van der Waals surface area contributed by atoms with Crippen LogP contribution in [0.25, 0.3) is 22.3 Å². The van der Waals surface area contributed by atoms with Gasteiger partial charge < -0.3 is 59.9 Å². The van der Waals surface area contributed by atoms with E-state index in [4.69, 9.17) is 28.7 Å². The molecule has 8 rings (SSSR count). The fourth-order valence-electron chi connectivity index (χ4n) is 9.46. The Labute approximate surface area is 452 Å². The molecule has 0 aliphatic carbocycles. The summed E-state index contributed by atoms with van der Waals surface area (Å²) in [6, 6.07) is 7.71. The van der Waals surface area contributed by atoms with Gasteiger partial charge in [0.05, 0.1) is 29.0 Å². The average Bonchev–Trinajstić information content (AvgIpc) is 4.20. The molecule has 2 aromatic carbocycles. The van der Waals surface area contributed by atoms with Gasteiger partial charge in [0, 0.05) is 66.4 Å². The number of esters is 2. The van der Waals surface area contributed by atoms with E-state index in [1.54, 1.807) is 70.2 Å². The molecule has 4 aliphatic heterocycles. The number of amides is 7. The van der Waals surface area contributed by atoms with E-state index < -0.39 is 88.4 Å². The fourth-order valence-corrected chi connectivity index (χ4v) is 9.46. The second-order valence-corrected chi connectivity index (χ2v) is 20.9. The van der Waals surface area contributed by atoms with Crippen molar-refractivity contribution in [3.8, 4) is 22.9 Å². The molecule has 0 unspecified atom stereocenters. The highest BCUT2D eigenvalue weighted by atomic mass is 16.7. The fraction of sp³-hybridized carbons (Fsp3) is 0.436. The van der Waals surface area contributed by atoms with Crippen LogP contribution in [0, 0.1) is 5.92 Å². The van der Waals surface area contributed by atoms with Gasteiger partial charge in [-0.15, -0.1) is 0 Å². The van der Waals surface area contributed by atoms with Gasteiger partial charge in [0.2, 0.25) is 30.4 Å². The van der Waals surface area contributed by atoms with Crippen LogP contribution in [0.15, 0.2) is 59.4 Å². The molecule has 0 bridgehead atoms. The SMILES string of the molecule is CC[C@@]1(O)C(=O)OCc2c1cc1n(c2=O)Cc2c-1nc1cc3c(cc1c2CNC(=O)OCc1ccc(NC(=O)[C@H](CCC(=O)OC(C)(C)C)NC(=O)[C@H](C)NC(=O)[C@@H](CC(C)C)NC(=O)CCN2C(=O)C=CC2=O)cc1)OCO3. The summed E-state index contributed by atoms with van der Waals surface area (Å²) in [4.78, 5) is 136. The number of imide groups is 1. The summed E-state index contributed by atoms with van der Waals surface area (Å²) in [7, 11) is 0. The maximum Gasteiger partial charge on any atom is 0.407 e. The van der Waals surface area contributed by atoms with Gasteiger partial charge in [0.25, 0.3) is 17.4 Å². The van der Waals surface area contributed by atoms with E-state index in [-0.39, 0.29) is 94.5 Å². The lowest BCUT2D eigenvalue weighted by molar-refractivity contribution is -0.172. The minimum atomic E-state index is -2.03. The largest absolute Gasteiger partial charge is 0.460 e. The van der Waals surface area contributed by atoms with E-state index in [1.807, 2.05) is 13.8 Å². The Morgan fingerprint density at radius 2 is 1.53 bits per heavy atom. The monoisotopic (exact) mass is 1090 g/mol. The molecular weight excluding hydrogens is 1030 g/mol. The first-order valence-corrected chi connectivity index (χ1v) is 25.8. The Morgan fingerprint density at radius 1 is 0.835 bits per heavy atom. The number of carbonyl (C=O) groups is 9. The number of pyridine rings is 2. The zero-order valence-electron chi connectivity index (χ0n) is 44.7. The number of fused-ring (bicyclic) bond motifs is 6. The molecule has 0 saturated carbocycles. The summed E-state index contributed by atoms with van der Waals surface area (Å²) in [6.45, 7) is 11.0. The Kier molecular flexibility index (Phi) is 16.5. The maximum atomic E-state index is 13.9. The van der Waals surface area contributed by atoms with Gasteiger partial charge in [0.1, 0.15) is 36.9 Å². The zero-order valence-corrected chi connectivity index (χ0v) is 44.7. The highest BCUT2D eigenvalue weighted by molar-refractivity contribution is 6.13. The summed E-state index contributed by atoms with van der Waals surface area (Å²) in [5, 5.41) is 25.3. The normalized spacial score (nSPS) is 17.0. The lowest BCUT2D eigenvalue weighted by Crippen LogP contribution is -2.55. The van der Waals surface area contributed by atoms with Crippen LogP contribution in [-0.2, 0) is 84.5 Å². The maximum absolute atomic E-state index is 13.9. The molecule has 6 N–H and O–H groups in total. The lowest BCUT2D eigenvalue weighted by Gasteiger charge is -2.31. The molecule has 0 saturated heterocycles. The Hall–Kier alpha value is -8.67. The van der Waals surface area contributed by atoms with E-state index in [0.29, 0.717) is 50.5 Å². The van der Waals surface area contributed by atoms with E-state index in [0.717, 1.165) is 17.1 Å². The molecule has 6 heterocycles. The molecule has 4 aromatic rings. The van der Waals surface area contributed by atoms with Crippen LogP contribution < -0.4 is 41.6 Å². The van der Waals surface area contributed by atoms with Gasteiger partial charge in [0.15, 0.2) is 17.1 Å². The van der Waals surface area contributed by atoms with Gasteiger partial charge in [-0.1, -0.05) is 32.9 Å². The first-order valence-electron chi connectivity index (χ1n) is 25.8. The second kappa shape index (κ2) is 23.1. The van der Waals surface area contributed by atoms with Crippen LogP contribution in [0.5, 0.6) is 11.5 Å². The molecule has 24 heteroatoms. The van der Waals surface area contributed by atoms with E-state index in [2.05, 4.69) is 26.6 Å². The minimum Gasteiger partial charge on any atom is -0.460 e. The minimum absolute atomic E-state index is 0.00523. The van der Waals surface area contributed by atoms with Crippen molar-refractivity contribution in [3.05, 3.63) is 92.8 Å². The zero-order chi connectivity index (χ0) is 57.1. The van der Waals surface area contributed by atoms with Crippen molar-refractivity contribution in [1.82, 2.24) is 35.7 Å². The van der Waals surface area contributed by atoms with Crippen molar-refractivity contribution in [3.63, 3.8) is 0 Å². The van der Waals surface area contributed by atoms with Gasteiger partial charge in [-0.3, -0.25) is 43.3 Å². The third-order valence-electron chi connectivity index (χ3n) is 13.6. The highest BCUT2D eigenvalue weighted by Gasteiger charge is 2.46. The topological polar surface area (TPSA) is 318 Å². The van der Waals surface area contributed by atoms with Crippen LogP contribution in [-0.4, -0.2) is 110 Å². The van der Waals surface area contributed by atoms with Gasteiger partial charge >= 0.3 is 18.0 Å². The summed E-state index contributed by atoms with van der Waals surface area (Å²) < 4.78 is 29.0. The number of cyclic esters (lactones) is 1. The van der Waals surface area contributed by atoms with Crippen LogP contribution in [0.1, 0.15) is 108 Å². The number of alkyl carbamates (subject to hydrolysis) is 1. The molecule has 0 fully saturated rings. The predicted octanol–water partition coefficient (Wildman–Crippen LogP) is 3.13. The average molecular weight is 1090 g/mol. The molecule has 4 atom stereocenters. The summed E-state index contributed by atoms with van der Waals surface area (Å²) in [5.41, 5.74) is 0.312. The number of benzene rings is 2. The number of rotatable bonds is 20. The highest BCUT2D eigenvalue weighted by Crippen LogP contribution is 2.43. The third-order valence-corrected chi connectivity index (χ3v) is 13.6. The number of ether oxygens (including phenoxy) is 5. The summed E-state index contributed by atoms with van der Waals surface area (Å²) >= 11 is 0. The summed E-state index contributed by atoms with van der Waals surface area (Å²) in [5.74, 6) is -4.50. The number of aliphatic hydroxyl groups is 1. The number of aromatic nitrogens is 2. The molecular formula is C55H62N8O16. The number of anilines is 1. The molecule has 79 heavy (non-hydrogen) atoms. The smallest absolute Gasteiger partial charge is 0.407 e. The van der Waals surface area contributed by atoms with E-state index >= 15 is 0 Å². The van der Waals surface area contributed by atoms with Crippen LogP contribution in [0.3, 0.4) is 0 Å². The van der Waals surface area contributed by atoms with Crippen LogP contribution in [0.4, 0.5) is 10.5 Å². The Bertz CT molecular complexity index is 3240. The molecule has 24 nitrogen and oxygen atoms in total. The van der Waals surface area contributed by atoms with Crippen LogP contribution in [0.2, 0.25) is 0 Å². The first kappa shape index (κ1) is 56.5. The molecule has 0 spiro atoms. The Balaban J connectivity index is 0.898. The molecule has 7 amide bonds. The van der Waals surface area contributed by atoms with E-state index in [1.165, 1.54) is 11.5 Å². The van der Waals surface area contributed by atoms with Crippen molar-refractivity contribution < 1.29 is 71.9 Å². The van der Waals surface area contributed by atoms with Gasteiger partial charge in [-0.25, -0.2) is 14.6 Å². The Morgan fingerprint density at radius 3 is 2.20 bits per heavy atom. The second-order valence-electron chi connectivity index (χ2n) is 20.9. The van der Waals surface area contributed by atoms with Crippen molar-refractivity contribution in [1.29, 1.82) is 0 Å². The van der Waals surface area contributed by atoms with Crippen LogP contribution >= 0.6 is 0 Å². The third kappa shape index (κ3) is 12.7. The standard InChI is InChI=1S/C55H62N8O16/c1-8-55(74)36-21-40-47-34(24-63(40)51(71)35(36)26-75-52(55)72)33(32-20-41-42(78-27-77-41)22-38(32)60-47)23-56-53(73)76-25-30-9-11-31(12-10-30)58-49(69)37(13-16-46(67)79-54(5,6)7)61-48(68)29(4)57-50(70)39(19-28(2)3)59-43(64)17-18-62-44(65)14-15-45(62)66/h9-12,14-15,20-22,28-29,37,39,74H,8,13,16-19,23-27H2,1-7H3,(H,56,73)(H,57,70)(H,58,69)(H,59,64)(H,61,68)/t29-,37-,39+,55-/m0/s1. The lowest BCUT2D eigenvalue weighted by atomic mass is 9.86. The van der Waals surface area contributed by atoms with Crippen molar-refractivity contribution in [2.24, 2.45) is 5.92 Å². The molecule has 0 radical (unpaired) electrons. The van der Waals surface area contributed by atoms with E-state index in [9.17, 15) is 53.1 Å². The number of hydrogen-bond donors (Lipinski definition) is 6. The molecule has 418 valence electrons. The van der Waals surface area contributed by atoms with Crippen molar-refractivity contribution >= 4 is 70.1 Å².